The van der Waals surface area contributed by atoms with Crippen LogP contribution in [0.15, 0.2) is 49.1 Å². The number of ether oxygens (including phenoxy) is 2. The first-order valence-corrected chi connectivity index (χ1v) is 10.7. The normalized spacial score (nSPS) is 18.5. The van der Waals surface area contributed by atoms with E-state index < -0.39 is 18.0 Å². The van der Waals surface area contributed by atoms with Gasteiger partial charge in [0.25, 0.3) is 0 Å². The van der Waals surface area contributed by atoms with E-state index in [2.05, 4.69) is 15.0 Å². The zero-order valence-corrected chi connectivity index (χ0v) is 18.5. The van der Waals surface area contributed by atoms with Crippen LogP contribution in [0, 0.1) is 6.92 Å². The molecule has 4 heterocycles. The molecular weight excluding hydrogens is 473 g/mol. The molecule has 0 unspecified atom stereocenters. The van der Waals surface area contributed by atoms with E-state index in [0.717, 1.165) is 28.4 Å². The van der Waals surface area contributed by atoms with Crippen molar-refractivity contribution in [1.29, 1.82) is 0 Å². The molecule has 0 radical (unpaired) electrons. The Bertz CT molecular complexity index is 1360. The summed E-state index contributed by atoms with van der Waals surface area (Å²) in [7, 11) is 0. The third kappa shape index (κ3) is 4.20. The minimum atomic E-state index is -4.58. The molecule has 0 amide bonds. The molecule has 0 saturated carbocycles. The molecule has 5 rings (SSSR count). The Balaban J connectivity index is 1.55. The van der Waals surface area contributed by atoms with Gasteiger partial charge < -0.3 is 19.1 Å². The average Bonchev–Trinajstić information content (AvgIpc) is 3.37. The van der Waals surface area contributed by atoms with E-state index in [9.17, 15) is 18.3 Å². The summed E-state index contributed by atoms with van der Waals surface area (Å²) in [6.45, 7) is 2.47. The van der Waals surface area contributed by atoms with Crippen molar-refractivity contribution in [1.82, 2.24) is 19.5 Å². The lowest BCUT2D eigenvalue weighted by Gasteiger charge is -2.15. The summed E-state index contributed by atoms with van der Waals surface area (Å²) in [5, 5.41) is 11.4. The van der Waals surface area contributed by atoms with Crippen LogP contribution in [0.1, 0.15) is 17.3 Å². The highest BCUT2D eigenvalue weighted by molar-refractivity contribution is 6.35. The number of alkyl halides is 3. The van der Waals surface area contributed by atoms with Crippen LogP contribution in [-0.4, -0.2) is 43.9 Å². The molecule has 2 atom stereocenters. The van der Waals surface area contributed by atoms with Crippen LogP contribution in [0.5, 0.6) is 11.6 Å². The van der Waals surface area contributed by atoms with Crippen molar-refractivity contribution in [3.05, 3.63) is 65.5 Å². The van der Waals surface area contributed by atoms with Gasteiger partial charge in [-0.25, -0.2) is 15.0 Å². The highest BCUT2D eigenvalue weighted by atomic mass is 35.5. The van der Waals surface area contributed by atoms with Crippen LogP contribution in [0.3, 0.4) is 0 Å². The Morgan fingerprint density at radius 3 is 2.65 bits per heavy atom. The molecule has 34 heavy (non-hydrogen) atoms. The number of pyridine rings is 1. The van der Waals surface area contributed by atoms with E-state index in [1.165, 1.54) is 0 Å². The van der Waals surface area contributed by atoms with Crippen molar-refractivity contribution in [2.75, 3.05) is 13.2 Å². The fourth-order valence-electron chi connectivity index (χ4n) is 4.05. The Labute approximate surface area is 196 Å². The molecule has 1 fully saturated rings. The summed E-state index contributed by atoms with van der Waals surface area (Å²) in [6.07, 6.45) is -0.205. The number of hydrogen-bond donors (Lipinski definition) is 1. The molecule has 7 nitrogen and oxygen atoms in total. The van der Waals surface area contributed by atoms with Gasteiger partial charge in [0.1, 0.15) is 17.0 Å². The number of fused-ring (bicyclic) bond motifs is 1. The van der Waals surface area contributed by atoms with Gasteiger partial charge in [-0.3, -0.25) is 0 Å². The van der Waals surface area contributed by atoms with Crippen LogP contribution in [0.2, 0.25) is 5.15 Å². The van der Waals surface area contributed by atoms with E-state index in [-0.39, 0.29) is 18.5 Å². The second-order valence-electron chi connectivity index (χ2n) is 7.99. The van der Waals surface area contributed by atoms with E-state index in [1.807, 2.05) is 29.8 Å². The standard InChI is InChI=1S/C23H18ClF3N4O3/c1-12-4-13(6-14(5-12)34-20-8-29-19(7-30-20)23(25,26)27)15-9-31(17-10-33-11-18(17)32)16-2-3-28-22(24)21(15)16/h2-9,17-18,32H,10-11H2,1H3/t17-,18-/m0/s1. The maximum Gasteiger partial charge on any atom is 0.434 e. The molecule has 0 aliphatic carbocycles. The Kier molecular flexibility index (Phi) is 5.67. The van der Waals surface area contributed by atoms with Crippen LogP contribution in [-0.2, 0) is 10.9 Å². The van der Waals surface area contributed by atoms with Gasteiger partial charge in [0.15, 0.2) is 5.69 Å². The first-order valence-electron chi connectivity index (χ1n) is 10.3. The van der Waals surface area contributed by atoms with Crippen molar-refractivity contribution >= 4 is 22.5 Å². The molecule has 1 aliphatic rings. The quantitative estimate of drug-likeness (QED) is 0.396. The number of aliphatic hydroxyl groups is 1. The summed E-state index contributed by atoms with van der Waals surface area (Å²) >= 11 is 6.47. The van der Waals surface area contributed by atoms with Crippen LogP contribution >= 0.6 is 11.6 Å². The maximum absolute atomic E-state index is 12.8. The molecule has 4 aromatic rings. The Hall–Kier alpha value is -3.21. The lowest BCUT2D eigenvalue weighted by Crippen LogP contribution is -2.21. The second kappa shape index (κ2) is 8.53. The van der Waals surface area contributed by atoms with Gasteiger partial charge in [0.05, 0.1) is 37.2 Å². The molecular formula is C23H18ClF3N4O3. The number of aryl methyl sites for hydroxylation is 1. The maximum atomic E-state index is 12.8. The Morgan fingerprint density at radius 1 is 1.15 bits per heavy atom. The van der Waals surface area contributed by atoms with Crippen molar-refractivity contribution in [2.45, 2.75) is 25.2 Å². The van der Waals surface area contributed by atoms with Crippen molar-refractivity contribution < 1.29 is 27.8 Å². The molecule has 1 aliphatic heterocycles. The lowest BCUT2D eigenvalue weighted by atomic mass is 10.0. The van der Waals surface area contributed by atoms with Gasteiger partial charge in [-0.1, -0.05) is 17.7 Å². The van der Waals surface area contributed by atoms with Gasteiger partial charge in [-0.05, 0) is 36.2 Å². The molecule has 11 heteroatoms. The first kappa shape index (κ1) is 22.6. The van der Waals surface area contributed by atoms with E-state index in [4.69, 9.17) is 21.1 Å². The zero-order valence-electron chi connectivity index (χ0n) is 17.8. The molecule has 176 valence electrons. The average molecular weight is 491 g/mol. The van der Waals surface area contributed by atoms with Crippen LogP contribution < -0.4 is 4.74 Å². The monoisotopic (exact) mass is 490 g/mol. The van der Waals surface area contributed by atoms with E-state index in [1.54, 1.807) is 18.3 Å². The SMILES string of the molecule is Cc1cc(Oc2cnc(C(F)(F)F)cn2)cc(-c2cn([C@H]3COC[C@@H]3O)c3ccnc(Cl)c23)c1. The van der Waals surface area contributed by atoms with Gasteiger partial charge in [-0.15, -0.1) is 0 Å². The number of aromatic nitrogens is 4. The predicted molar refractivity (Wildman–Crippen MR) is 118 cm³/mol. The molecule has 1 N–H and O–H groups in total. The zero-order chi connectivity index (χ0) is 24.0. The number of halogens is 4. The van der Waals surface area contributed by atoms with Gasteiger partial charge >= 0.3 is 6.18 Å². The Morgan fingerprint density at radius 2 is 1.97 bits per heavy atom. The van der Waals surface area contributed by atoms with E-state index >= 15 is 0 Å². The lowest BCUT2D eigenvalue weighted by molar-refractivity contribution is -0.141. The highest BCUT2D eigenvalue weighted by Gasteiger charge is 2.33. The fraction of sp³-hybridized carbons (Fsp3) is 0.261. The number of nitrogens with zero attached hydrogens (tertiary/aromatic N) is 4. The summed E-state index contributed by atoms with van der Waals surface area (Å²) < 4.78 is 51.3. The summed E-state index contributed by atoms with van der Waals surface area (Å²) in [6, 6.07) is 6.93. The smallest absolute Gasteiger partial charge is 0.434 e. The summed E-state index contributed by atoms with van der Waals surface area (Å²) in [4.78, 5) is 11.3. The van der Waals surface area contributed by atoms with Crippen LogP contribution in [0.4, 0.5) is 13.2 Å². The number of aliphatic hydroxyl groups excluding tert-OH is 1. The fourth-order valence-corrected chi connectivity index (χ4v) is 4.31. The highest BCUT2D eigenvalue weighted by Crippen LogP contribution is 2.39. The minimum Gasteiger partial charge on any atom is -0.437 e. The number of hydrogen-bond acceptors (Lipinski definition) is 6. The molecule has 0 spiro atoms. The third-order valence-electron chi connectivity index (χ3n) is 5.58. The molecule has 0 bridgehead atoms. The number of benzene rings is 1. The minimum absolute atomic E-state index is 0.0714. The summed E-state index contributed by atoms with van der Waals surface area (Å²) in [5.74, 6) is 0.298. The van der Waals surface area contributed by atoms with Crippen molar-refractivity contribution in [3.63, 3.8) is 0 Å². The van der Waals surface area contributed by atoms with Crippen molar-refractivity contribution in [2.24, 2.45) is 0 Å². The van der Waals surface area contributed by atoms with Crippen LogP contribution in [0.25, 0.3) is 22.0 Å². The molecule has 3 aromatic heterocycles. The molecule has 1 saturated heterocycles. The van der Waals surface area contributed by atoms with Crippen molar-refractivity contribution in [3.8, 4) is 22.8 Å². The van der Waals surface area contributed by atoms with Gasteiger partial charge in [0, 0.05) is 23.3 Å². The van der Waals surface area contributed by atoms with E-state index in [0.29, 0.717) is 29.1 Å². The van der Waals surface area contributed by atoms with Gasteiger partial charge in [0.2, 0.25) is 5.88 Å². The number of rotatable bonds is 4. The second-order valence-corrected chi connectivity index (χ2v) is 8.35. The third-order valence-corrected chi connectivity index (χ3v) is 5.87. The predicted octanol–water partition coefficient (Wildman–Crippen LogP) is 5.20. The van der Waals surface area contributed by atoms with Gasteiger partial charge in [-0.2, -0.15) is 13.2 Å². The largest absolute Gasteiger partial charge is 0.437 e. The first-order chi connectivity index (χ1) is 16.2. The topological polar surface area (TPSA) is 82.3 Å². The molecule has 1 aromatic carbocycles. The summed E-state index contributed by atoms with van der Waals surface area (Å²) in [5.41, 5.74) is 2.05.